The van der Waals surface area contributed by atoms with E-state index < -0.39 is 0 Å². The molecule has 0 saturated carbocycles. The van der Waals surface area contributed by atoms with Gasteiger partial charge in [-0.05, 0) is 42.3 Å². The standard InChI is InChI=1S/C24H21N3O2S/c1-17-26-22(23(30-17)19-8-4-3-5-9-19)24(28)27(21-10-6-7-15-25-21)16-18-11-13-20(29-2)14-12-18/h3-15H,16H2,1-2H3. The second-order valence-electron chi connectivity index (χ2n) is 6.70. The Morgan fingerprint density at radius 2 is 1.73 bits per heavy atom. The summed E-state index contributed by atoms with van der Waals surface area (Å²) in [4.78, 5) is 25.2. The van der Waals surface area contributed by atoms with E-state index in [-0.39, 0.29) is 5.91 Å². The highest BCUT2D eigenvalue weighted by Gasteiger charge is 2.25. The van der Waals surface area contributed by atoms with Gasteiger partial charge in [-0.15, -0.1) is 11.3 Å². The summed E-state index contributed by atoms with van der Waals surface area (Å²) >= 11 is 1.52. The highest BCUT2D eigenvalue weighted by molar-refractivity contribution is 7.15. The number of methoxy groups -OCH3 is 1. The molecule has 0 bridgehead atoms. The largest absolute Gasteiger partial charge is 0.497 e. The Hall–Kier alpha value is -3.51. The molecular formula is C24H21N3O2S. The number of nitrogens with zero attached hydrogens (tertiary/aromatic N) is 3. The molecule has 0 atom stereocenters. The highest BCUT2D eigenvalue weighted by atomic mass is 32.1. The maximum atomic E-state index is 13.7. The first-order valence-corrected chi connectivity index (χ1v) is 10.4. The van der Waals surface area contributed by atoms with E-state index in [2.05, 4.69) is 9.97 Å². The van der Waals surface area contributed by atoms with Gasteiger partial charge < -0.3 is 4.74 Å². The number of aryl methyl sites for hydroxylation is 1. The molecule has 2 heterocycles. The minimum Gasteiger partial charge on any atom is -0.497 e. The molecule has 0 unspecified atom stereocenters. The SMILES string of the molecule is COc1ccc(CN(C(=O)c2nc(C)sc2-c2ccccc2)c2ccccn2)cc1. The molecule has 2 aromatic carbocycles. The van der Waals surface area contributed by atoms with Crippen LogP contribution in [0.2, 0.25) is 0 Å². The predicted molar refractivity (Wildman–Crippen MR) is 120 cm³/mol. The third kappa shape index (κ3) is 4.23. The molecule has 1 amide bonds. The summed E-state index contributed by atoms with van der Waals surface area (Å²) in [6.07, 6.45) is 1.69. The number of thiazole rings is 1. The smallest absolute Gasteiger partial charge is 0.279 e. The first-order valence-electron chi connectivity index (χ1n) is 9.54. The van der Waals surface area contributed by atoms with Crippen molar-refractivity contribution in [1.29, 1.82) is 0 Å². The van der Waals surface area contributed by atoms with E-state index in [1.54, 1.807) is 18.2 Å². The number of aromatic nitrogens is 2. The van der Waals surface area contributed by atoms with E-state index >= 15 is 0 Å². The summed E-state index contributed by atoms with van der Waals surface area (Å²) in [5, 5.41) is 0.850. The van der Waals surface area contributed by atoms with Crippen LogP contribution in [0.25, 0.3) is 10.4 Å². The molecule has 150 valence electrons. The number of rotatable bonds is 6. The number of carbonyl (C=O) groups is 1. The van der Waals surface area contributed by atoms with Crippen LogP contribution in [0.1, 0.15) is 21.1 Å². The maximum Gasteiger partial charge on any atom is 0.279 e. The highest BCUT2D eigenvalue weighted by Crippen LogP contribution is 2.32. The van der Waals surface area contributed by atoms with Crippen LogP contribution in [0, 0.1) is 6.92 Å². The maximum absolute atomic E-state index is 13.7. The summed E-state index contributed by atoms with van der Waals surface area (Å²) < 4.78 is 5.24. The van der Waals surface area contributed by atoms with Gasteiger partial charge in [-0.1, -0.05) is 48.5 Å². The fourth-order valence-electron chi connectivity index (χ4n) is 3.17. The van der Waals surface area contributed by atoms with Crippen molar-refractivity contribution in [3.05, 3.63) is 95.3 Å². The van der Waals surface area contributed by atoms with Crippen molar-refractivity contribution >= 4 is 23.1 Å². The first-order chi connectivity index (χ1) is 14.7. The lowest BCUT2D eigenvalue weighted by atomic mass is 10.1. The number of hydrogen-bond acceptors (Lipinski definition) is 5. The third-order valence-corrected chi connectivity index (χ3v) is 5.66. The van der Waals surface area contributed by atoms with Crippen LogP contribution < -0.4 is 9.64 Å². The molecule has 4 aromatic rings. The average molecular weight is 416 g/mol. The van der Waals surface area contributed by atoms with Gasteiger partial charge in [-0.25, -0.2) is 9.97 Å². The zero-order chi connectivity index (χ0) is 20.9. The summed E-state index contributed by atoms with van der Waals surface area (Å²) in [5.41, 5.74) is 2.41. The molecule has 0 aliphatic rings. The van der Waals surface area contributed by atoms with E-state index in [0.29, 0.717) is 18.1 Å². The molecule has 2 aromatic heterocycles. The summed E-state index contributed by atoms with van der Waals surface area (Å²) in [5.74, 6) is 1.19. The number of ether oxygens (including phenoxy) is 1. The zero-order valence-electron chi connectivity index (χ0n) is 16.8. The van der Waals surface area contributed by atoms with Crippen molar-refractivity contribution in [2.24, 2.45) is 0 Å². The topological polar surface area (TPSA) is 55.3 Å². The van der Waals surface area contributed by atoms with Gasteiger partial charge in [-0.2, -0.15) is 0 Å². The van der Waals surface area contributed by atoms with Crippen molar-refractivity contribution in [1.82, 2.24) is 9.97 Å². The van der Waals surface area contributed by atoms with E-state index in [1.807, 2.05) is 79.7 Å². The van der Waals surface area contributed by atoms with Crippen molar-refractivity contribution in [2.75, 3.05) is 12.0 Å². The van der Waals surface area contributed by atoms with Gasteiger partial charge in [0.05, 0.1) is 23.5 Å². The van der Waals surface area contributed by atoms with Crippen LogP contribution in [-0.4, -0.2) is 23.0 Å². The average Bonchev–Trinajstić information content (AvgIpc) is 3.20. The monoisotopic (exact) mass is 415 g/mol. The quantitative estimate of drug-likeness (QED) is 0.425. The second kappa shape index (κ2) is 8.88. The van der Waals surface area contributed by atoms with Gasteiger partial charge in [-0.3, -0.25) is 9.69 Å². The Morgan fingerprint density at radius 3 is 2.40 bits per heavy atom. The van der Waals surface area contributed by atoms with E-state index in [4.69, 9.17) is 4.74 Å². The molecule has 6 heteroatoms. The van der Waals surface area contributed by atoms with E-state index in [0.717, 1.165) is 26.8 Å². The molecule has 0 spiro atoms. The Morgan fingerprint density at radius 1 is 1.00 bits per heavy atom. The van der Waals surface area contributed by atoms with Gasteiger partial charge in [0, 0.05) is 6.20 Å². The molecule has 0 saturated heterocycles. The third-order valence-electron chi connectivity index (χ3n) is 4.64. The number of benzene rings is 2. The Kier molecular flexibility index (Phi) is 5.86. The molecule has 30 heavy (non-hydrogen) atoms. The zero-order valence-corrected chi connectivity index (χ0v) is 17.6. The normalized spacial score (nSPS) is 10.6. The second-order valence-corrected chi connectivity index (χ2v) is 7.91. The molecule has 4 rings (SSSR count). The minimum atomic E-state index is -0.173. The Bertz CT molecular complexity index is 1130. The molecule has 5 nitrogen and oxygen atoms in total. The lowest BCUT2D eigenvalue weighted by Gasteiger charge is -2.22. The van der Waals surface area contributed by atoms with Crippen LogP contribution in [0.5, 0.6) is 5.75 Å². The lowest BCUT2D eigenvalue weighted by Crippen LogP contribution is -2.31. The molecule has 0 radical (unpaired) electrons. The van der Waals surface area contributed by atoms with Gasteiger partial charge in [0.15, 0.2) is 0 Å². The predicted octanol–water partition coefficient (Wildman–Crippen LogP) is 5.37. The fourth-order valence-corrected chi connectivity index (χ4v) is 4.08. The number of anilines is 1. The van der Waals surface area contributed by atoms with Crippen LogP contribution in [0.4, 0.5) is 5.82 Å². The summed E-state index contributed by atoms with van der Waals surface area (Å²) in [6.45, 7) is 2.30. The molecule has 0 N–H and O–H groups in total. The van der Waals surface area contributed by atoms with Crippen molar-refractivity contribution in [3.8, 4) is 16.2 Å². The Labute approximate surface area is 179 Å². The Balaban J connectivity index is 1.73. The van der Waals surface area contributed by atoms with Crippen LogP contribution in [0.15, 0.2) is 79.0 Å². The minimum absolute atomic E-state index is 0.173. The molecule has 0 aliphatic carbocycles. The van der Waals surface area contributed by atoms with Gasteiger partial charge in [0.2, 0.25) is 0 Å². The van der Waals surface area contributed by atoms with Crippen molar-refractivity contribution in [2.45, 2.75) is 13.5 Å². The first kappa shape index (κ1) is 19.8. The number of carbonyl (C=O) groups excluding carboxylic acids is 1. The van der Waals surface area contributed by atoms with Gasteiger partial charge in [0.25, 0.3) is 5.91 Å². The molecule has 0 aliphatic heterocycles. The van der Waals surface area contributed by atoms with Crippen molar-refractivity contribution in [3.63, 3.8) is 0 Å². The molecule has 0 fully saturated rings. The molecular weight excluding hydrogens is 394 g/mol. The fraction of sp³-hybridized carbons (Fsp3) is 0.125. The lowest BCUT2D eigenvalue weighted by molar-refractivity contribution is 0.0980. The van der Waals surface area contributed by atoms with Crippen LogP contribution in [0.3, 0.4) is 0 Å². The van der Waals surface area contributed by atoms with E-state index in [9.17, 15) is 4.79 Å². The van der Waals surface area contributed by atoms with Crippen molar-refractivity contribution < 1.29 is 9.53 Å². The van der Waals surface area contributed by atoms with Crippen LogP contribution in [-0.2, 0) is 6.54 Å². The number of pyridine rings is 1. The summed E-state index contributed by atoms with van der Waals surface area (Å²) in [7, 11) is 1.63. The number of hydrogen-bond donors (Lipinski definition) is 0. The van der Waals surface area contributed by atoms with Gasteiger partial charge >= 0.3 is 0 Å². The number of amides is 1. The van der Waals surface area contributed by atoms with E-state index in [1.165, 1.54) is 11.3 Å². The van der Waals surface area contributed by atoms with Gasteiger partial charge in [0.1, 0.15) is 17.3 Å². The van der Waals surface area contributed by atoms with Crippen LogP contribution >= 0.6 is 11.3 Å². The summed E-state index contributed by atoms with van der Waals surface area (Å²) in [6, 6.07) is 23.1.